The molecule has 2 aliphatic carbocycles. The number of nitrogens with one attached hydrogen (secondary N) is 2. The highest BCUT2D eigenvalue weighted by atomic mass is 16.2. The van der Waals surface area contributed by atoms with E-state index in [9.17, 15) is 9.59 Å². The second-order valence-corrected chi connectivity index (χ2v) is 19.2. The van der Waals surface area contributed by atoms with Crippen molar-refractivity contribution in [3.8, 4) is 11.3 Å². The lowest BCUT2D eigenvalue weighted by molar-refractivity contribution is -0.143. The third kappa shape index (κ3) is 6.99. The van der Waals surface area contributed by atoms with Crippen molar-refractivity contribution in [2.75, 3.05) is 62.6 Å². The van der Waals surface area contributed by atoms with Crippen molar-refractivity contribution in [3.63, 3.8) is 0 Å². The first kappa shape index (κ1) is 38.2. The van der Waals surface area contributed by atoms with Gasteiger partial charge in [-0.1, -0.05) is 18.6 Å². The van der Waals surface area contributed by atoms with Crippen molar-refractivity contribution in [1.29, 1.82) is 0 Å². The van der Waals surface area contributed by atoms with Gasteiger partial charge in [-0.15, -0.1) is 0 Å². The molecule has 0 radical (unpaired) electrons. The van der Waals surface area contributed by atoms with Crippen LogP contribution in [0.25, 0.3) is 22.3 Å². The van der Waals surface area contributed by atoms with Crippen LogP contribution in [-0.4, -0.2) is 117 Å². The predicted molar refractivity (Wildman–Crippen MR) is 227 cm³/mol. The largest absolute Gasteiger partial charge is 0.366 e. The van der Waals surface area contributed by atoms with Gasteiger partial charge in [-0.25, -0.2) is 9.97 Å². The molecule has 6 fully saturated rings. The number of carbonyl (C=O) groups is 3. The summed E-state index contributed by atoms with van der Waals surface area (Å²) in [4.78, 5) is 61.5. The van der Waals surface area contributed by atoms with Crippen molar-refractivity contribution in [3.05, 3.63) is 36.2 Å². The van der Waals surface area contributed by atoms with E-state index in [0.29, 0.717) is 56.9 Å². The van der Waals surface area contributed by atoms with Crippen LogP contribution in [0, 0.1) is 11.8 Å². The molecule has 2 saturated carbocycles. The van der Waals surface area contributed by atoms with Gasteiger partial charge >= 0.3 is 0 Å². The number of fused-ring (bicyclic) bond motifs is 3. The van der Waals surface area contributed by atoms with E-state index in [-0.39, 0.29) is 35.7 Å². The molecule has 3 amide bonds. The van der Waals surface area contributed by atoms with E-state index < -0.39 is 5.41 Å². The number of piperidine rings is 4. The number of rotatable bonds is 9. The summed E-state index contributed by atoms with van der Waals surface area (Å²) in [5, 5.41) is 7.10. The molecule has 5 aliphatic heterocycles. The number of nitrogens with zero attached hydrogens (tertiary/aromatic N) is 7. The monoisotopic (exact) mass is 790 g/mol. The number of likely N-dealkylation sites (tertiary alicyclic amines) is 3. The first-order chi connectivity index (χ1) is 28.3. The molecule has 1 atom stereocenters. The van der Waals surface area contributed by atoms with Crippen molar-refractivity contribution in [2.45, 2.75) is 133 Å². The molecule has 12 heteroatoms. The minimum absolute atomic E-state index is 0.160. The fourth-order valence-electron chi connectivity index (χ4n) is 11.3. The zero-order valence-corrected chi connectivity index (χ0v) is 34.8. The van der Waals surface area contributed by atoms with Gasteiger partial charge in [0.25, 0.3) is 0 Å². The first-order valence-corrected chi connectivity index (χ1v) is 22.9. The molecule has 2 N–H and O–H groups in total. The molecule has 7 heterocycles. The van der Waals surface area contributed by atoms with E-state index >= 15 is 4.79 Å². The highest BCUT2D eigenvalue weighted by molar-refractivity contribution is 6.09. The van der Waals surface area contributed by atoms with E-state index in [0.717, 1.165) is 110 Å². The van der Waals surface area contributed by atoms with E-state index in [1.807, 2.05) is 16.1 Å². The average Bonchev–Trinajstić information content (AvgIpc) is 3.90. The van der Waals surface area contributed by atoms with E-state index in [2.05, 4.69) is 63.1 Å². The van der Waals surface area contributed by atoms with Gasteiger partial charge in [-0.2, -0.15) is 0 Å². The molecule has 4 saturated heterocycles. The summed E-state index contributed by atoms with van der Waals surface area (Å²) < 4.78 is 2.20. The Bertz CT molecular complexity index is 2030. The molecule has 58 heavy (non-hydrogen) atoms. The zero-order valence-electron chi connectivity index (χ0n) is 34.8. The lowest BCUT2D eigenvalue weighted by Gasteiger charge is -2.48. The van der Waals surface area contributed by atoms with Crippen LogP contribution in [0.3, 0.4) is 0 Å². The number of amides is 3. The van der Waals surface area contributed by atoms with Gasteiger partial charge in [-0.05, 0) is 141 Å². The number of hydrogen-bond donors (Lipinski definition) is 2. The van der Waals surface area contributed by atoms with Crippen LogP contribution in [0.1, 0.15) is 115 Å². The minimum atomic E-state index is -0.642. The lowest BCUT2D eigenvalue weighted by Crippen LogP contribution is -2.58. The third-order valence-electron chi connectivity index (χ3n) is 15.1. The smallest absolute Gasteiger partial charge is 0.238 e. The Morgan fingerprint density at radius 1 is 0.897 bits per heavy atom. The molecule has 7 aliphatic rings. The fraction of sp³-hybridized carbons (Fsp3) is 0.674. The van der Waals surface area contributed by atoms with Crippen molar-refractivity contribution >= 4 is 40.3 Å². The summed E-state index contributed by atoms with van der Waals surface area (Å²) in [5.41, 5.74) is 5.36. The highest BCUT2D eigenvalue weighted by Gasteiger charge is 2.56. The number of carbonyl (C=O) groups excluding carboxylic acids is 3. The maximum absolute atomic E-state index is 15.1. The normalized spacial score (nSPS) is 26.7. The Hall–Kier alpha value is -4.03. The second kappa shape index (κ2) is 15.5. The highest BCUT2D eigenvalue weighted by Crippen LogP contribution is 2.52. The number of benzene rings is 1. The van der Waals surface area contributed by atoms with Crippen LogP contribution in [0.4, 0.5) is 11.5 Å². The van der Waals surface area contributed by atoms with Crippen LogP contribution in [0.15, 0.2) is 30.6 Å². The summed E-state index contributed by atoms with van der Waals surface area (Å²) in [6, 6.07) is 10.1. The van der Waals surface area contributed by atoms with E-state index in [4.69, 9.17) is 9.97 Å². The quantitative estimate of drug-likeness (QED) is 0.267. The Morgan fingerprint density at radius 3 is 2.41 bits per heavy atom. The summed E-state index contributed by atoms with van der Waals surface area (Å²) in [5.74, 6) is 1.76. The van der Waals surface area contributed by atoms with Crippen LogP contribution in [0.2, 0.25) is 0 Å². The summed E-state index contributed by atoms with van der Waals surface area (Å²) in [7, 11) is 0. The summed E-state index contributed by atoms with van der Waals surface area (Å²) >= 11 is 0. The molecule has 1 spiro atoms. The molecule has 3 aromatic rings. The van der Waals surface area contributed by atoms with Crippen LogP contribution >= 0.6 is 0 Å². The number of hydrogen-bond acceptors (Lipinski definition) is 8. The van der Waals surface area contributed by atoms with Gasteiger partial charge in [0.05, 0.1) is 28.9 Å². The summed E-state index contributed by atoms with van der Waals surface area (Å²) in [6.45, 7) is 11.1. The topological polar surface area (TPSA) is 119 Å². The Labute approximate surface area is 343 Å². The Kier molecular flexibility index (Phi) is 10.2. The van der Waals surface area contributed by atoms with Crippen molar-refractivity contribution in [1.82, 2.24) is 34.6 Å². The van der Waals surface area contributed by atoms with Crippen LogP contribution in [-0.2, 0) is 19.8 Å². The second-order valence-electron chi connectivity index (χ2n) is 19.2. The number of pyridine rings is 1. The van der Waals surface area contributed by atoms with E-state index in [1.54, 1.807) is 0 Å². The van der Waals surface area contributed by atoms with Gasteiger partial charge in [0.1, 0.15) is 5.52 Å². The van der Waals surface area contributed by atoms with Gasteiger partial charge in [0.2, 0.25) is 17.7 Å². The SMILES string of the molecule is CC(C)n1cnc2cc(-c3ccc4c(c3)N(C3CC(N5CCCCC5)C3)C(=O)C43CCN(C(=O)[C@H]4CCCN(C(=O)CC5CCNCC5)C4)CC3)nc(NC3CC3)c21. The fourth-order valence-corrected chi connectivity index (χ4v) is 11.3. The zero-order chi connectivity index (χ0) is 39.5. The molecule has 12 nitrogen and oxygen atoms in total. The van der Waals surface area contributed by atoms with Gasteiger partial charge in [0.15, 0.2) is 5.82 Å². The number of aromatic nitrogens is 3. The summed E-state index contributed by atoms with van der Waals surface area (Å²) in [6.07, 6.45) is 15.8. The Balaban J connectivity index is 0.904. The molecular weight excluding hydrogens is 727 g/mol. The third-order valence-corrected chi connectivity index (χ3v) is 15.1. The lowest BCUT2D eigenvalue weighted by atomic mass is 9.73. The molecule has 1 aromatic carbocycles. The molecule has 2 aromatic heterocycles. The molecular formula is C46H63N9O3. The van der Waals surface area contributed by atoms with E-state index in [1.165, 1.54) is 32.4 Å². The number of imidazole rings is 1. The number of anilines is 2. The van der Waals surface area contributed by atoms with Gasteiger partial charge in [-0.3, -0.25) is 14.4 Å². The van der Waals surface area contributed by atoms with Gasteiger partial charge in [0, 0.05) is 68.0 Å². The molecule has 0 bridgehead atoms. The molecule has 310 valence electrons. The van der Waals surface area contributed by atoms with Crippen molar-refractivity contribution in [2.24, 2.45) is 11.8 Å². The van der Waals surface area contributed by atoms with Crippen LogP contribution in [0.5, 0.6) is 0 Å². The molecule has 10 rings (SSSR count). The Morgan fingerprint density at radius 2 is 1.67 bits per heavy atom. The molecule has 0 unspecified atom stereocenters. The average molecular weight is 790 g/mol. The predicted octanol–water partition coefficient (Wildman–Crippen LogP) is 6.11. The first-order valence-electron chi connectivity index (χ1n) is 22.9. The maximum atomic E-state index is 15.1. The minimum Gasteiger partial charge on any atom is -0.366 e. The van der Waals surface area contributed by atoms with Gasteiger partial charge < -0.3 is 34.8 Å². The van der Waals surface area contributed by atoms with Crippen molar-refractivity contribution < 1.29 is 14.4 Å². The maximum Gasteiger partial charge on any atom is 0.238 e. The standard InChI is InChI=1S/C46H63N9O3/c1-30(2)54-29-48-39-27-38(50-43(42(39)54)49-34-9-10-34)32-8-11-37-40(24-32)55(36-25-35(26-36)51-18-4-3-5-19-51)45(58)46(37)14-21-52(22-15-46)44(57)33-7-6-20-53(28-33)41(56)23-31-12-16-47-17-13-31/h8,11,24,27,29-31,33-36,47H,3-7,9-10,12-23,25-26,28H2,1-2H3,(H,49,50)/t33-,35?,36?/m0/s1. The van der Waals surface area contributed by atoms with Crippen LogP contribution < -0.4 is 15.5 Å².